The van der Waals surface area contributed by atoms with Crippen molar-refractivity contribution in [3.8, 4) is 0 Å². The van der Waals surface area contributed by atoms with E-state index in [9.17, 15) is 0 Å². The second-order valence-electron chi connectivity index (χ2n) is 4.95. The van der Waals surface area contributed by atoms with Crippen molar-refractivity contribution < 1.29 is 9.47 Å². The van der Waals surface area contributed by atoms with Crippen LogP contribution in [0.15, 0.2) is 54.7 Å². The highest BCUT2D eigenvalue weighted by atomic mass is 16.7. The average Bonchev–Trinajstić information content (AvgIpc) is 2.89. The van der Waals surface area contributed by atoms with Crippen molar-refractivity contribution in [1.82, 2.24) is 4.98 Å². The van der Waals surface area contributed by atoms with Gasteiger partial charge in [0.25, 0.3) is 0 Å². The van der Waals surface area contributed by atoms with Crippen LogP contribution in [0.3, 0.4) is 0 Å². The van der Waals surface area contributed by atoms with Crippen LogP contribution in [-0.4, -0.2) is 24.0 Å². The first kappa shape index (κ1) is 12.3. The predicted octanol–water partition coefficient (Wildman–Crippen LogP) is 2.61. The van der Waals surface area contributed by atoms with E-state index in [-0.39, 0.29) is 5.60 Å². The minimum atomic E-state index is -0.282. The first-order chi connectivity index (χ1) is 9.36. The fourth-order valence-corrected chi connectivity index (χ4v) is 2.50. The number of nitrogens with zero attached hydrogens (tertiary/aromatic N) is 1. The van der Waals surface area contributed by atoms with E-state index in [1.54, 1.807) is 0 Å². The molecular formula is C16H17NO2. The van der Waals surface area contributed by atoms with Crippen molar-refractivity contribution >= 4 is 0 Å². The highest BCUT2D eigenvalue weighted by molar-refractivity contribution is 5.19. The molecule has 1 atom stereocenters. The Labute approximate surface area is 113 Å². The van der Waals surface area contributed by atoms with E-state index >= 15 is 0 Å². The lowest BCUT2D eigenvalue weighted by Crippen LogP contribution is -2.37. The minimum absolute atomic E-state index is 0.282. The van der Waals surface area contributed by atoms with E-state index in [0.717, 1.165) is 18.5 Å². The topological polar surface area (TPSA) is 31.4 Å². The van der Waals surface area contributed by atoms with Crippen molar-refractivity contribution in [2.24, 2.45) is 0 Å². The molecule has 0 N–H and O–H groups in total. The summed E-state index contributed by atoms with van der Waals surface area (Å²) in [6.07, 6.45) is 3.45. The summed E-state index contributed by atoms with van der Waals surface area (Å²) in [7, 11) is 0. The highest BCUT2D eigenvalue weighted by Crippen LogP contribution is 2.27. The highest BCUT2D eigenvalue weighted by Gasteiger charge is 2.37. The van der Waals surface area contributed by atoms with E-state index in [0.29, 0.717) is 13.4 Å². The lowest BCUT2D eigenvalue weighted by atomic mass is 9.90. The zero-order chi connectivity index (χ0) is 13.0. The van der Waals surface area contributed by atoms with Crippen molar-refractivity contribution in [2.75, 3.05) is 13.4 Å². The Kier molecular flexibility index (Phi) is 3.58. The van der Waals surface area contributed by atoms with Gasteiger partial charge in [0.2, 0.25) is 0 Å². The normalized spacial score (nSPS) is 22.5. The van der Waals surface area contributed by atoms with Gasteiger partial charge in [-0.05, 0) is 17.7 Å². The Morgan fingerprint density at radius 2 is 1.84 bits per heavy atom. The Hall–Kier alpha value is -1.71. The molecule has 2 aromatic rings. The zero-order valence-electron chi connectivity index (χ0n) is 10.8. The summed E-state index contributed by atoms with van der Waals surface area (Å²) in [5.74, 6) is 0. The molecule has 1 saturated heterocycles. The van der Waals surface area contributed by atoms with Crippen LogP contribution in [0.2, 0.25) is 0 Å². The van der Waals surface area contributed by atoms with Gasteiger partial charge in [-0.1, -0.05) is 36.4 Å². The van der Waals surface area contributed by atoms with E-state index in [2.05, 4.69) is 29.2 Å². The lowest BCUT2D eigenvalue weighted by Gasteiger charge is -2.26. The van der Waals surface area contributed by atoms with Crippen molar-refractivity contribution in [3.63, 3.8) is 0 Å². The van der Waals surface area contributed by atoms with Gasteiger partial charge in [0.1, 0.15) is 12.4 Å². The van der Waals surface area contributed by atoms with Gasteiger partial charge in [-0.2, -0.15) is 0 Å². The zero-order valence-corrected chi connectivity index (χ0v) is 10.8. The Bertz CT molecular complexity index is 463. The average molecular weight is 255 g/mol. The number of ether oxygens (including phenoxy) is 2. The van der Waals surface area contributed by atoms with Crippen molar-refractivity contribution in [3.05, 3.63) is 66.0 Å². The molecule has 1 aromatic carbocycles. The molecule has 1 aliphatic heterocycles. The number of hydrogen-bond donors (Lipinski definition) is 0. The van der Waals surface area contributed by atoms with Crippen molar-refractivity contribution in [1.29, 1.82) is 0 Å². The van der Waals surface area contributed by atoms with Gasteiger partial charge in [-0.3, -0.25) is 4.98 Å². The lowest BCUT2D eigenvalue weighted by molar-refractivity contribution is -0.00851. The third kappa shape index (κ3) is 3.00. The van der Waals surface area contributed by atoms with Gasteiger partial charge in [0, 0.05) is 24.7 Å². The second kappa shape index (κ2) is 5.51. The molecular weight excluding hydrogens is 238 g/mol. The summed E-state index contributed by atoms with van der Waals surface area (Å²) < 4.78 is 11.3. The molecule has 0 amide bonds. The molecule has 1 fully saturated rings. The molecule has 1 unspecified atom stereocenters. The summed E-state index contributed by atoms with van der Waals surface area (Å²) >= 11 is 0. The number of hydrogen-bond acceptors (Lipinski definition) is 3. The Morgan fingerprint density at radius 1 is 1.00 bits per heavy atom. The van der Waals surface area contributed by atoms with Gasteiger partial charge < -0.3 is 9.47 Å². The molecule has 2 heterocycles. The third-order valence-corrected chi connectivity index (χ3v) is 3.41. The summed E-state index contributed by atoms with van der Waals surface area (Å²) in [5.41, 5.74) is 2.03. The molecule has 19 heavy (non-hydrogen) atoms. The van der Waals surface area contributed by atoms with Crippen LogP contribution >= 0.6 is 0 Å². The number of rotatable bonds is 4. The summed E-state index contributed by atoms with van der Waals surface area (Å²) in [5, 5.41) is 0. The molecule has 1 aliphatic rings. The maximum Gasteiger partial charge on any atom is 0.147 e. The van der Waals surface area contributed by atoms with E-state index in [4.69, 9.17) is 9.47 Å². The SMILES string of the molecule is c1ccc(CC2(Cc3ccccn3)COCO2)cc1. The monoisotopic (exact) mass is 255 g/mol. The van der Waals surface area contributed by atoms with Crippen LogP contribution in [0.1, 0.15) is 11.3 Å². The van der Waals surface area contributed by atoms with Crippen LogP contribution in [-0.2, 0) is 22.3 Å². The maximum absolute atomic E-state index is 5.89. The van der Waals surface area contributed by atoms with Crippen LogP contribution in [0, 0.1) is 0 Å². The quantitative estimate of drug-likeness (QED) is 0.841. The molecule has 0 saturated carbocycles. The predicted molar refractivity (Wildman–Crippen MR) is 72.7 cm³/mol. The summed E-state index contributed by atoms with van der Waals surface area (Å²) in [4.78, 5) is 4.39. The van der Waals surface area contributed by atoms with Crippen LogP contribution in [0.5, 0.6) is 0 Å². The fourth-order valence-electron chi connectivity index (χ4n) is 2.50. The molecule has 0 radical (unpaired) electrons. The Balaban J connectivity index is 1.79. The second-order valence-corrected chi connectivity index (χ2v) is 4.95. The summed E-state index contributed by atoms with van der Waals surface area (Å²) in [6, 6.07) is 16.4. The van der Waals surface area contributed by atoms with Crippen molar-refractivity contribution in [2.45, 2.75) is 18.4 Å². The molecule has 3 rings (SSSR count). The number of pyridine rings is 1. The standard InChI is InChI=1S/C16H17NO2/c1-2-6-14(7-3-1)10-16(12-18-13-19-16)11-15-8-4-5-9-17-15/h1-9H,10-13H2. The minimum Gasteiger partial charge on any atom is -0.352 e. The molecule has 0 bridgehead atoms. The largest absolute Gasteiger partial charge is 0.352 e. The van der Waals surface area contributed by atoms with Crippen LogP contribution in [0.25, 0.3) is 0 Å². The molecule has 1 aromatic heterocycles. The van der Waals surface area contributed by atoms with Gasteiger partial charge in [0.05, 0.1) is 6.61 Å². The van der Waals surface area contributed by atoms with E-state index in [1.807, 2.05) is 30.5 Å². The van der Waals surface area contributed by atoms with Crippen LogP contribution < -0.4 is 0 Å². The first-order valence-corrected chi connectivity index (χ1v) is 6.52. The maximum atomic E-state index is 5.89. The van der Waals surface area contributed by atoms with Crippen LogP contribution in [0.4, 0.5) is 0 Å². The van der Waals surface area contributed by atoms with Gasteiger partial charge in [-0.25, -0.2) is 0 Å². The molecule has 0 aliphatic carbocycles. The number of benzene rings is 1. The Morgan fingerprint density at radius 3 is 2.53 bits per heavy atom. The summed E-state index contributed by atoms with van der Waals surface area (Å²) in [6.45, 7) is 0.998. The third-order valence-electron chi connectivity index (χ3n) is 3.41. The fraction of sp³-hybridized carbons (Fsp3) is 0.312. The van der Waals surface area contributed by atoms with E-state index in [1.165, 1.54) is 5.56 Å². The van der Waals surface area contributed by atoms with E-state index < -0.39 is 0 Å². The van der Waals surface area contributed by atoms with Gasteiger partial charge in [-0.15, -0.1) is 0 Å². The number of aromatic nitrogens is 1. The first-order valence-electron chi connectivity index (χ1n) is 6.52. The van der Waals surface area contributed by atoms with Gasteiger partial charge in [0.15, 0.2) is 0 Å². The molecule has 3 heteroatoms. The molecule has 0 spiro atoms. The van der Waals surface area contributed by atoms with Gasteiger partial charge >= 0.3 is 0 Å². The smallest absolute Gasteiger partial charge is 0.147 e. The molecule has 98 valence electrons. The molecule has 3 nitrogen and oxygen atoms in total.